The summed E-state index contributed by atoms with van der Waals surface area (Å²) in [4.78, 5) is 98.9. The van der Waals surface area contributed by atoms with E-state index in [9.17, 15) is 43.8 Å². The number of nitrogens with zero attached hydrogens (tertiary/aromatic N) is 3. The average molecular weight is 742 g/mol. The van der Waals surface area contributed by atoms with E-state index in [4.69, 9.17) is 34.4 Å². The molecule has 0 radical (unpaired) electrons. The molecule has 0 aromatic heterocycles. The fraction of sp³-hybridized carbons (Fsp3) is 0.700. The van der Waals surface area contributed by atoms with Crippen LogP contribution in [0.4, 0.5) is 0 Å². The van der Waals surface area contributed by atoms with Crippen LogP contribution in [-0.2, 0) is 33.6 Å². The number of aliphatic hydroxyl groups is 1. The van der Waals surface area contributed by atoms with Crippen molar-refractivity contribution in [2.24, 2.45) is 50.3 Å². The highest BCUT2D eigenvalue weighted by Gasteiger charge is 2.40. The van der Waals surface area contributed by atoms with Crippen molar-refractivity contribution in [2.45, 2.75) is 101 Å². The van der Waals surface area contributed by atoms with Crippen LogP contribution in [0, 0.1) is 5.92 Å². The van der Waals surface area contributed by atoms with E-state index < -0.39 is 90.2 Å². The molecular weight excluding hydrogens is 686 g/mol. The molecule has 6 unspecified atom stereocenters. The van der Waals surface area contributed by atoms with Crippen molar-refractivity contribution in [1.82, 2.24) is 26.2 Å². The summed E-state index contributed by atoms with van der Waals surface area (Å²) < 4.78 is 0. The van der Waals surface area contributed by atoms with Crippen molar-refractivity contribution in [3.63, 3.8) is 0 Å². The maximum atomic E-state index is 14.0. The number of nitrogens with one attached hydrogen (secondary N) is 4. The lowest BCUT2D eigenvalue weighted by molar-refractivity contribution is -0.145. The minimum atomic E-state index is -1.36. The SMILES string of the molecule is CC(C)C(NC(=O)C(CCC(N)=O)NC(=O)C(N)CO)C(=O)NC(CCCN=C(N)N)C(=O)N1CCCC1C(=O)NC(CCCN=C(N)N)C(=O)O. The lowest BCUT2D eigenvalue weighted by Crippen LogP contribution is -2.60. The van der Waals surface area contributed by atoms with E-state index in [0.717, 1.165) is 0 Å². The molecule has 294 valence electrons. The van der Waals surface area contributed by atoms with Gasteiger partial charge in [-0.3, -0.25) is 38.8 Å². The third kappa shape index (κ3) is 15.7. The monoisotopic (exact) mass is 741 g/mol. The van der Waals surface area contributed by atoms with Gasteiger partial charge in [0, 0.05) is 26.1 Å². The first-order chi connectivity index (χ1) is 24.4. The lowest BCUT2D eigenvalue weighted by atomic mass is 10.0. The van der Waals surface area contributed by atoms with Gasteiger partial charge >= 0.3 is 5.97 Å². The molecule has 1 rings (SSSR count). The molecule has 0 bridgehead atoms. The molecule has 52 heavy (non-hydrogen) atoms. The van der Waals surface area contributed by atoms with Gasteiger partial charge in [-0.2, -0.15) is 0 Å². The van der Waals surface area contributed by atoms with Gasteiger partial charge in [-0.05, 0) is 50.9 Å². The Balaban J connectivity index is 3.24. The highest BCUT2D eigenvalue weighted by Crippen LogP contribution is 2.21. The third-order valence-electron chi connectivity index (χ3n) is 8.05. The Morgan fingerprint density at radius 1 is 0.769 bits per heavy atom. The Morgan fingerprint density at radius 2 is 1.33 bits per heavy atom. The van der Waals surface area contributed by atoms with Crippen molar-refractivity contribution < 1.29 is 43.8 Å². The fourth-order valence-electron chi connectivity index (χ4n) is 5.26. The van der Waals surface area contributed by atoms with E-state index in [0.29, 0.717) is 6.42 Å². The number of hydrogen-bond donors (Lipinski definition) is 12. The quantitative estimate of drug-likeness (QED) is 0.0264. The minimum absolute atomic E-state index is 0.0177. The van der Waals surface area contributed by atoms with E-state index >= 15 is 0 Å². The second kappa shape index (κ2) is 22.5. The van der Waals surface area contributed by atoms with Gasteiger partial charge in [0.1, 0.15) is 36.3 Å². The molecule has 18 N–H and O–H groups in total. The van der Waals surface area contributed by atoms with Gasteiger partial charge in [0.2, 0.25) is 35.4 Å². The number of likely N-dealkylation sites (tertiary alicyclic amines) is 1. The number of aliphatic imine (C=N–C) groups is 2. The molecule has 1 fully saturated rings. The minimum Gasteiger partial charge on any atom is -0.480 e. The maximum Gasteiger partial charge on any atom is 0.326 e. The van der Waals surface area contributed by atoms with Gasteiger partial charge in [0.05, 0.1) is 6.61 Å². The number of carboxylic acids is 1. The molecule has 6 atom stereocenters. The van der Waals surface area contributed by atoms with Gasteiger partial charge in [-0.25, -0.2) is 4.79 Å². The molecule has 1 heterocycles. The standard InChI is InChI=1S/C30H55N13O9/c1-15(2)22(42-24(47)17(9-10-21(32)45)39-23(46)16(31)14-44)26(49)40-18(6-3-11-37-29(33)34)27(50)43-13-5-8-20(43)25(48)41-19(28(51)52)7-4-12-38-30(35)36/h15-20,22,44H,3-14,31H2,1-2H3,(H2,32,45)(H,39,46)(H,40,49)(H,41,48)(H,42,47)(H,51,52)(H4,33,34,37)(H4,35,36,38). The summed E-state index contributed by atoms with van der Waals surface area (Å²) >= 11 is 0. The Labute approximate surface area is 301 Å². The van der Waals surface area contributed by atoms with Crippen LogP contribution in [0.2, 0.25) is 0 Å². The van der Waals surface area contributed by atoms with Crippen molar-refractivity contribution in [1.29, 1.82) is 0 Å². The number of nitrogens with two attached hydrogens (primary N) is 6. The number of rotatable bonds is 23. The van der Waals surface area contributed by atoms with E-state index in [1.165, 1.54) is 4.90 Å². The zero-order chi connectivity index (χ0) is 39.5. The van der Waals surface area contributed by atoms with Crippen LogP contribution in [0.1, 0.15) is 65.2 Å². The van der Waals surface area contributed by atoms with Crippen LogP contribution in [0.5, 0.6) is 0 Å². The normalized spacial score (nSPS) is 16.7. The number of guanidine groups is 2. The highest BCUT2D eigenvalue weighted by molar-refractivity contribution is 5.96. The lowest BCUT2D eigenvalue weighted by Gasteiger charge is -2.31. The van der Waals surface area contributed by atoms with Gasteiger partial charge in [-0.1, -0.05) is 13.8 Å². The number of carbonyl (C=O) groups is 7. The van der Waals surface area contributed by atoms with Crippen molar-refractivity contribution >= 4 is 53.3 Å². The molecule has 22 heteroatoms. The molecule has 1 aliphatic heterocycles. The molecule has 0 aromatic rings. The van der Waals surface area contributed by atoms with Crippen molar-refractivity contribution in [2.75, 3.05) is 26.2 Å². The number of aliphatic hydroxyl groups excluding tert-OH is 1. The molecule has 0 aromatic carbocycles. The molecule has 1 aliphatic rings. The molecule has 1 saturated heterocycles. The third-order valence-corrected chi connectivity index (χ3v) is 8.05. The van der Waals surface area contributed by atoms with Gasteiger partial charge in [0.25, 0.3) is 0 Å². The van der Waals surface area contributed by atoms with E-state index in [1.54, 1.807) is 13.8 Å². The molecular formula is C30H55N13O9. The molecule has 0 saturated carbocycles. The van der Waals surface area contributed by atoms with E-state index in [1.807, 2.05) is 0 Å². The summed E-state index contributed by atoms with van der Waals surface area (Å²) in [5.41, 5.74) is 32.2. The van der Waals surface area contributed by atoms with Crippen LogP contribution < -0.4 is 55.7 Å². The van der Waals surface area contributed by atoms with Crippen LogP contribution in [0.15, 0.2) is 9.98 Å². The summed E-state index contributed by atoms with van der Waals surface area (Å²) in [6.45, 7) is 2.92. The maximum absolute atomic E-state index is 14.0. The number of hydrogen-bond acceptors (Lipinski definition) is 11. The molecule has 0 aliphatic carbocycles. The predicted molar refractivity (Wildman–Crippen MR) is 188 cm³/mol. The molecule has 6 amide bonds. The zero-order valence-electron chi connectivity index (χ0n) is 29.6. The second-order valence-corrected chi connectivity index (χ2v) is 12.6. The Hall–Kier alpha value is -5.25. The summed E-state index contributed by atoms with van der Waals surface area (Å²) in [5, 5.41) is 28.9. The first-order valence-electron chi connectivity index (χ1n) is 16.9. The van der Waals surface area contributed by atoms with E-state index in [2.05, 4.69) is 31.3 Å². The summed E-state index contributed by atoms with van der Waals surface area (Å²) in [7, 11) is 0. The first-order valence-corrected chi connectivity index (χ1v) is 16.9. The predicted octanol–water partition coefficient (Wildman–Crippen LogP) is -5.65. The largest absolute Gasteiger partial charge is 0.480 e. The van der Waals surface area contributed by atoms with Gasteiger partial charge in [0.15, 0.2) is 11.9 Å². The number of amides is 6. The van der Waals surface area contributed by atoms with Crippen LogP contribution >= 0.6 is 0 Å². The highest BCUT2D eigenvalue weighted by atomic mass is 16.4. The summed E-state index contributed by atoms with van der Waals surface area (Å²) in [6.07, 6.45) is 0.637. The van der Waals surface area contributed by atoms with Crippen LogP contribution in [0.25, 0.3) is 0 Å². The van der Waals surface area contributed by atoms with Crippen LogP contribution in [-0.4, -0.2) is 131 Å². The first kappa shape index (κ1) is 44.8. The van der Waals surface area contributed by atoms with Gasteiger partial charge in [-0.15, -0.1) is 0 Å². The Morgan fingerprint density at radius 3 is 1.83 bits per heavy atom. The smallest absolute Gasteiger partial charge is 0.326 e. The Kier molecular flexibility index (Phi) is 19.4. The van der Waals surface area contributed by atoms with Crippen LogP contribution in [0.3, 0.4) is 0 Å². The summed E-state index contributed by atoms with van der Waals surface area (Å²) in [6, 6.07) is -7.51. The number of aliphatic carboxylic acids is 1. The average Bonchev–Trinajstić information content (AvgIpc) is 3.56. The van der Waals surface area contributed by atoms with Crippen molar-refractivity contribution in [3.05, 3.63) is 0 Å². The topological polar surface area (TPSA) is 392 Å². The molecule has 0 spiro atoms. The molecule has 22 nitrogen and oxygen atoms in total. The zero-order valence-corrected chi connectivity index (χ0v) is 29.6. The van der Waals surface area contributed by atoms with Gasteiger partial charge < -0.3 is 70.8 Å². The second-order valence-electron chi connectivity index (χ2n) is 12.6. The Bertz CT molecular complexity index is 1320. The number of primary amides is 1. The number of carboxylic acid groups (broad SMARTS) is 1. The summed E-state index contributed by atoms with van der Waals surface area (Å²) in [5.74, 6) is -6.77. The van der Waals surface area contributed by atoms with Crippen molar-refractivity contribution in [3.8, 4) is 0 Å². The van der Waals surface area contributed by atoms with E-state index in [-0.39, 0.29) is 76.5 Å². The fourth-order valence-corrected chi connectivity index (χ4v) is 5.26. The number of carbonyl (C=O) groups excluding carboxylic acids is 6.